The molecule has 2 heterocycles. The molecule has 0 fully saturated rings. The van der Waals surface area contributed by atoms with Crippen LogP contribution in [0.5, 0.6) is 0 Å². The summed E-state index contributed by atoms with van der Waals surface area (Å²) >= 11 is 3.33. The van der Waals surface area contributed by atoms with Crippen LogP contribution in [0, 0.1) is 6.92 Å². The smallest absolute Gasteiger partial charge is 0.192 e. The Morgan fingerprint density at radius 1 is 1.04 bits per heavy atom. The summed E-state index contributed by atoms with van der Waals surface area (Å²) < 4.78 is 2.10. The van der Waals surface area contributed by atoms with E-state index in [4.69, 9.17) is 4.98 Å². The Hall–Kier alpha value is -2.70. The van der Waals surface area contributed by atoms with Crippen molar-refractivity contribution in [2.45, 2.75) is 24.4 Å². The molecule has 0 aliphatic rings. The highest BCUT2D eigenvalue weighted by Gasteiger charge is 2.14. The van der Waals surface area contributed by atoms with Crippen molar-refractivity contribution in [2.24, 2.45) is 0 Å². The predicted molar refractivity (Wildman–Crippen MR) is 118 cm³/mol. The van der Waals surface area contributed by atoms with Crippen LogP contribution >= 0.6 is 23.1 Å². The second-order valence-corrected chi connectivity index (χ2v) is 8.17. The number of thiazole rings is 1. The van der Waals surface area contributed by atoms with Gasteiger partial charge in [-0.15, -0.1) is 28.1 Å². The summed E-state index contributed by atoms with van der Waals surface area (Å²) in [5, 5.41) is 12.9. The SMILES string of the molecule is C=CCn1c(SCc2csc(-c3ccccc3)n2)nnc1-c1ccc(C)cc1. The topological polar surface area (TPSA) is 43.6 Å². The molecule has 0 bridgehead atoms. The first-order valence-corrected chi connectivity index (χ1v) is 10.8. The summed E-state index contributed by atoms with van der Waals surface area (Å²) in [4.78, 5) is 4.77. The Morgan fingerprint density at radius 3 is 2.57 bits per heavy atom. The van der Waals surface area contributed by atoms with Gasteiger partial charge >= 0.3 is 0 Å². The number of aryl methyl sites for hydroxylation is 1. The van der Waals surface area contributed by atoms with Gasteiger partial charge in [0.15, 0.2) is 11.0 Å². The van der Waals surface area contributed by atoms with Crippen molar-refractivity contribution >= 4 is 23.1 Å². The zero-order valence-electron chi connectivity index (χ0n) is 15.6. The molecule has 4 aromatic rings. The van der Waals surface area contributed by atoms with Gasteiger partial charge in [-0.2, -0.15) is 0 Å². The maximum atomic E-state index is 4.77. The lowest BCUT2D eigenvalue weighted by atomic mass is 10.1. The molecule has 0 unspecified atom stereocenters. The Bertz CT molecular complexity index is 1070. The quantitative estimate of drug-likeness (QED) is 0.286. The molecule has 0 saturated heterocycles. The van der Waals surface area contributed by atoms with Gasteiger partial charge in [0.05, 0.1) is 5.69 Å². The maximum Gasteiger partial charge on any atom is 0.192 e. The van der Waals surface area contributed by atoms with E-state index in [1.807, 2.05) is 24.3 Å². The van der Waals surface area contributed by atoms with Crippen LogP contribution in [0.25, 0.3) is 22.0 Å². The van der Waals surface area contributed by atoms with Crippen molar-refractivity contribution in [1.29, 1.82) is 0 Å². The lowest BCUT2D eigenvalue weighted by Crippen LogP contribution is -2.00. The minimum absolute atomic E-state index is 0.672. The van der Waals surface area contributed by atoms with Crippen LogP contribution in [0.4, 0.5) is 0 Å². The average Bonchev–Trinajstić information content (AvgIpc) is 3.35. The van der Waals surface area contributed by atoms with Crippen molar-refractivity contribution < 1.29 is 0 Å². The minimum atomic E-state index is 0.672. The minimum Gasteiger partial charge on any atom is -0.298 e. The van der Waals surface area contributed by atoms with Gasteiger partial charge in [-0.25, -0.2) is 4.98 Å². The molecule has 0 aliphatic heterocycles. The first-order chi connectivity index (χ1) is 13.7. The monoisotopic (exact) mass is 404 g/mol. The summed E-state index contributed by atoms with van der Waals surface area (Å²) in [7, 11) is 0. The highest BCUT2D eigenvalue weighted by atomic mass is 32.2. The average molecular weight is 405 g/mol. The van der Waals surface area contributed by atoms with E-state index < -0.39 is 0 Å². The molecule has 4 nitrogen and oxygen atoms in total. The fourth-order valence-corrected chi connectivity index (χ4v) is 4.60. The molecule has 0 radical (unpaired) electrons. The molecule has 140 valence electrons. The molecule has 0 amide bonds. The van der Waals surface area contributed by atoms with E-state index in [0.29, 0.717) is 6.54 Å². The molecule has 0 spiro atoms. The van der Waals surface area contributed by atoms with E-state index in [1.54, 1.807) is 23.1 Å². The highest BCUT2D eigenvalue weighted by Crippen LogP contribution is 2.29. The number of thioether (sulfide) groups is 1. The van der Waals surface area contributed by atoms with Crippen LogP contribution in [-0.2, 0) is 12.3 Å². The zero-order valence-corrected chi connectivity index (χ0v) is 17.2. The molecule has 6 heteroatoms. The van der Waals surface area contributed by atoms with Crippen LogP contribution in [0.2, 0.25) is 0 Å². The van der Waals surface area contributed by atoms with Crippen LogP contribution in [0.15, 0.2) is 77.8 Å². The lowest BCUT2D eigenvalue weighted by molar-refractivity contribution is 0.731. The second-order valence-electron chi connectivity index (χ2n) is 6.37. The van der Waals surface area contributed by atoms with Crippen molar-refractivity contribution in [3.05, 3.63) is 83.9 Å². The molecule has 28 heavy (non-hydrogen) atoms. The van der Waals surface area contributed by atoms with E-state index in [1.165, 1.54) is 5.56 Å². The van der Waals surface area contributed by atoms with E-state index in [0.717, 1.165) is 38.6 Å². The van der Waals surface area contributed by atoms with Gasteiger partial charge in [-0.05, 0) is 6.92 Å². The van der Waals surface area contributed by atoms with Crippen LogP contribution in [-0.4, -0.2) is 19.7 Å². The van der Waals surface area contributed by atoms with Gasteiger partial charge < -0.3 is 0 Å². The van der Waals surface area contributed by atoms with Gasteiger partial charge in [-0.1, -0.05) is 78.0 Å². The van der Waals surface area contributed by atoms with Crippen molar-refractivity contribution in [3.63, 3.8) is 0 Å². The number of aromatic nitrogens is 4. The molecule has 0 aliphatic carbocycles. The largest absolute Gasteiger partial charge is 0.298 e. The Labute approximate surface area is 173 Å². The molecule has 4 rings (SSSR count). The first kappa shape index (κ1) is 18.7. The van der Waals surface area contributed by atoms with Gasteiger partial charge in [-0.3, -0.25) is 4.57 Å². The third-order valence-electron chi connectivity index (χ3n) is 4.26. The molecule has 2 aromatic carbocycles. The highest BCUT2D eigenvalue weighted by molar-refractivity contribution is 7.98. The number of allylic oxidation sites excluding steroid dienone is 1. The summed E-state index contributed by atoms with van der Waals surface area (Å²) in [6.45, 7) is 6.64. The van der Waals surface area contributed by atoms with Gasteiger partial charge in [0.2, 0.25) is 0 Å². The van der Waals surface area contributed by atoms with E-state index in [2.05, 4.69) is 70.0 Å². The summed E-state index contributed by atoms with van der Waals surface area (Å²) in [5.41, 5.74) is 4.50. The number of hydrogen-bond donors (Lipinski definition) is 0. The summed E-state index contributed by atoms with van der Waals surface area (Å²) in [6, 6.07) is 18.6. The lowest BCUT2D eigenvalue weighted by Gasteiger charge is -2.07. The summed E-state index contributed by atoms with van der Waals surface area (Å²) in [5.74, 6) is 1.62. The van der Waals surface area contributed by atoms with Crippen molar-refractivity contribution in [1.82, 2.24) is 19.7 Å². The van der Waals surface area contributed by atoms with Gasteiger partial charge in [0.25, 0.3) is 0 Å². The normalized spacial score (nSPS) is 10.9. The Morgan fingerprint density at radius 2 is 1.82 bits per heavy atom. The van der Waals surface area contributed by atoms with Crippen molar-refractivity contribution in [3.8, 4) is 22.0 Å². The molecule has 0 N–H and O–H groups in total. The summed E-state index contributed by atoms with van der Waals surface area (Å²) in [6.07, 6.45) is 1.88. The molecule has 0 saturated carbocycles. The second kappa shape index (κ2) is 8.54. The fraction of sp³-hybridized carbons (Fsp3) is 0.136. The van der Waals surface area contributed by atoms with Crippen LogP contribution < -0.4 is 0 Å². The van der Waals surface area contributed by atoms with E-state index in [-0.39, 0.29) is 0 Å². The van der Waals surface area contributed by atoms with E-state index in [9.17, 15) is 0 Å². The maximum absolute atomic E-state index is 4.77. The third kappa shape index (κ3) is 4.08. The number of benzene rings is 2. The standard InChI is InChI=1S/C22H20N4S2/c1-3-13-26-20(17-11-9-16(2)10-12-17)24-25-22(26)28-15-19-14-27-21(23-19)18-7-5-4-6-8-18/h3-12,14H,1,13,15H2,2H3. The Balaban J connectivity index is 1.53. The van der Waals surface area contributed by atoms with E-state index >= 15 is 0 Å². The first-order valence-electron chi connectivity index (χ1n) is 8.98. The zero-order chi connectivity index (χ0) is 19.3. The third-order valence-corrected chi connectivity index (χ3v) is 6.20. The molecule has 2 aromatic heterocycles. The van der Waals surface area contributed by atoms with Gasteiger partial charge in [0, 0.05) is 28.8 Å². The number of nitrogens with zero attached hydrogens (tertiary/aromatic N) is 4. The molecular formula is C22H20N4S2. The predicted octanol–water partition coefficient (Wildman–Crippen LogP) is 5.86. The number of hydrogen-bond acceptors (Lipinski definition) is 5. The van der Waals surface area contributed by atoms with Crippen molar-refractivity contribution in [2.75, 3.05) is 0 Å². The van der Waals surface area contributed by atoms with Gasteiger partial charge in [0.1, 0.15) is 5.01 Å². The number of rotatable bonds is 7. The Kier molecular flexibility index (Phi) is 5.69. The fourth-order valence-electron chi connectivity index (χ4n) is 2.83. The van der Waals surface area contributed by atoms with Crippen LogP contribution in [0.3, 0.4) is 0 Å². The molecular weight excluding hydrogens is 384 g/mol. The molecule has 0 atom stereocenters. The van der Waals surface area contributed by atoms with Crippen LogP contribution in [0.1, 0.15) is 11.3 Å².